The van der Waals surface area contributed by atoms with E-state index in [0.717, 1.165) is 4.90 Å². The van der Waals surface area contributed by atoms with Gasteiger partial charge in [-0.25, -0.2) is 0 Å². The molecule has 8 N–H and O–H groups in total. The van der Waals surface area contributed by atoms with Gasteiger partial charge in [0.1, 0.15) is 24.2 Å². The lowest BCUT2D eigenvalue weighted by atomic mass is 9.97. The molecule has 2 rings (SSSR count). The van der Waals surface area contributed by atoms with Gasteiger partial charge in [-0.15, -0.1) is 0 Å². The fourth-order valence-electron chi connectivity index (χ4n) is 4.86. The molecule has 1 fully saturated rings. The Kier molecular flexibility index (Phi) is 12.9. The predicted octanol–water partition coefficient (Wildman–Crippen LogP) is -1.83. The summed E-state index contributed by atoms with van der Waals surface area (Å²) in [6.45, 7) is 3.07. The summed E-state index contributed by atoms with van der Waals surface area (Å²) in [5, 5.41) is 16.9. The number of carboxylic acid groups (broad SMARTS) is 1. The molecule has 15 nitrogen and oxygen atoms in total. The van der Waals surface area contributed by atoms with E-state index >= 15 is 0 Å². The molecule has 0 radical (unpaired) electrons. The van der Waals surface area contributed by atoms with Gasteiger partial charge in [-0.3, -0.25) is 33.8 Å². The maximum absolute atomic E-state index is 14.0. The van der Waals surface area contributed by atoms with Crippen LogP contribution in [0.3, 0.4) is 0 Å². The Morgan fingerprint density at radius 2 is 1.63 bits per heavy atom. The van der Waals surface area contributed by atoms with Crippen molar-refractivity contribution in [3.63, 3.8) is 0 Å². The molecule has 15 heteroatoms. The quantitative estimate of drug-likeness (QED) is 0.106. The van der Waals surface area contributed by atoms with Crippen molar-refractivity contribution < 1.29 is 33.9 Å². The smallest absolute Gasteiger partial charge is 0.305 e. The molecule has 0 bridgehead atoms. The zero-order chi connectivity index (χ0) is 32.3. The first-order chi connectivity index (χ1) is 20.2. The van der Waals surface area contributed by atoms with Gasteiger partial charge >= 0.3 is 5.97 Å². The first kappa shape index (κ1) is 34.5. The number of carbonyl (C=O) groups is 6. The van der Waals surface area contributed by atoms with Crippen molar-refractivity contribution in [2.24, 2.45) is 22.4 Å². The highest BCUT2D eigenvalue weighted by Gasteiger charge is 2.39. The van der Waals surface area contributed by atoms with Crippen LogP contribution in [0.4, 0.5) is 0 Å². The van der Waals surface area contributed by atoms with Crippen molar-refractivity contribution >= 4 is 41.5 Å². The van der Waals surface area contributed by atoms with Crippen molar-refractivity contribution in [1.29, 1.82) is 0 Å². The van der Waals surface area contributed by atoms with Crippen LogP contribution in [0, 0.1) is 5.92 Å². The minimum absolute atomic E-state index is 0.0554. The van der Waals surface area contributed by atoms with E-state index in [2.05, 4.69) is 20.9 Å². The summed E-state index contributed by atoms with van der Waals surface area (Å²) < 4.78 is 0. The summed E-state index contributed by atoms with van der Waals surface area (Å²) in [6, 6.07) is 4.06. The first-order valence-corrected chi connectivity index (χ1v) is 13.9. The van der Waals surface area contributed by atoms with E-state index in [4.69, 9.17) is 11.5 Å². The highest BCUT2D eigenvalue weighted by molar-refractivity contribution is 5.98. The van der Waals surface area contributed by atoms with Gasteiger partial charge in [-0.05, 0) is 24.3 Å². The number of hydrogen-bond donors (Lipinski definition) is 6. The van der Waals surface area contributed by atoms with E-state index in [1.807, 2.05) is 0 Å². The Bertz CT molecular complexity index is 1200. The van der Waals surface area contributed by atoms with Gasteiger partial charge < -0.3 is 42.3 Å². The summed E-state index contributed by atoms with van der Waals surface area (Å²) in [4.78, 5) is 84.9. The number of likely N-dealkylation sites (N-methyl/N-ethyl adjacent to an activating group) is 2. The third-order valence-electron chi connectivity index (χ3n) is 7.05. The minimum Gasteiger partial charge on any atom is -0.481 e. The number of nitrogens with zero attached hydrogens (tertiary/aromatic N) is 3. The van der Waals surface area contributed by atoms with Crippen LogP contribution in [0.1, 0.15) is 38.7 Å². The normalized spacial score (nSPS) is 22.7. The van der Waals surface area contributed by atoms with Crippen molar-refractivity contribution in [3.05, 3.63) is 35.9 Å². The maximum atomic E-state index is 14.0. The monoisotopic (exact) mass is 602 g/mol. The van der Waals surface area contributed by atoms with E-state index in [9.17, 15) is 33.9 Å². The Morgan fingerprint density at radius 3 is 2.21 bits per heavy atom. The molecule has 1 heterocycles. The molecule has 236 valence electrons. The maximum Gasteiger partial charge on any atom is 0.305 e. The first-order valence-electron chi connectivity index (χ1n) is 13.9. The van der Waals surface area contributed by atoms with Crippen LogP contribution in [0.2, 0.25) is 0 Å². The molecular formula is C28H42N8O7. The van der Waals surface area contributed by atoms with Gasteiger partial charge in [0.05, 0.1) is 13.0 Å². The van der Waals surface area contributed by atoms with Gasteiger partial charge in [0, 0.05) is 27.1 Å². The van der Waals surface area contributed by atoms with Gasteiger partial charge in [-0.2, -0.15) is 0 Å². The number of aliphatic imine (C=N–C) groups is 1. The second-order valence-corrected chi connectivity index (χ2v) is 10.7. The van der Waals surface area contributed by atoms with Crippen molar-refractivity contribution in [1.82, 2.24) is 25.8 Å². The average Bonchev–Trinajstić information content (AvgIpc) is 2.94. The van der Waals surface area contributed by atoms with E-state index < -0.39 is 78.6 Å². The van der Waals surface area contributed by atoms with Gasteiger partial charge in [0.2, 0.25) is 29.5 Å². The highest BCUT2D eigenvalue weighted by atomic mass is 16.4. The van der Waals surface area contributed by atoms with E-state index in [-0.39, 0.29) is 25.3 Å². The minimum atomic E-state index is -1.52. The van der Waals surface area contributed by atoms with Gasteiger partial charge in [-0.1, -0.05) is 44.2 Å². The summed E-state index contributed by atoms with van der Waals surface area (Å²) >= 11 is 0. The standard InChI is InChI=1S/C28H42N8O7/c1-16(2)23-25(41)34-18(11-8-12-31-28(29)30)24(40)32-15-21(37)33-19(14-22(38)39)26(42)35(3)20(27(43)36(23)4)13-17-9-6-5-7-10-17/h5-7,9-10,16,18-20,23H,8,11-15H2,1-4H3,(H,32,40)(H,33,37)(H,34,41)(H,38,39)(H4,29,30,31)/t18-,19-,20+,23-/m0/s1. The van der Waals surface area contributed by atoms with Gasteiger partial charge in [0.15, 0.2) is 5.96 Å². The summed E-state index contributed by atoms with van der Waals surface area (Å²) in [6.07, 6.45) is -0.284. The van der Waals surface area contributed by atoms with E-state index in [0.29, 0.717) is 12.0 Å². The van der Waals surface area contributed by atoms with E-state index in [1.165, 1.54) is 19.0 Å². The number of nitrogens with one attached hydrogen (secondary N) is 3. The number of aliphatic carboxylic acids is 1. The SMILES string of the molecule is CC(C)[C@H]1C(=O)N[C@@H](CCCN=C(N)N)C(=O)NCC(=O)N[C@@H](CC(=O)O)C(=O)N(C)[C@H](Cc2ccccc2)C(=O)N1C. The number of nitrogens with two attached hydrogens (primary N) is 2. The third-order valence-corrected chi connectivity index (χ3v) is 7.05. The number of amides is 5. The summed E-state index contributed by atoms with van der Waals surface area (Å²) in [7, 11) is 2.78. The van der Waals surface area contributed by atoms with Crippen LogP contribution in [0.15, 0.2) is 35.3 Å². The molecule has 0 aromatic heterocycles. The second-order valence-electron chi connectivity index (χ2n) is 10.7. The summed E-state index contributed by atoms with van der Waals surface area (Å²) in [5.41, 5.74) is 11.4. The topological polar surface area (TPSA) is 230 Å². The molecule has 0 aliphatic carbocycles. The molecule has 1 aromatic rings. The fourth-order valence-corrected chi connectivity index (χ4v) is 4.86. The van der Waals surface area contributed by atoms with Crippen molar-refractivity contribution in [2.75, 3.05) is 27.2 Å². The molecule has 1 aliphatic rings. The lowest BCUT2D eigenvalue weighted by Gasteiger charge is -2.37. The molecule has 0 saturated carbocycles. The molecule has 5 amide bonds. The number of hydrogen-bond acceptors (Lipinski definition) is 7. The summed E-state index contributed by atoms with van der Waals surface area (Å²) in [5.74, 6) is -5.43. The van der Waals surface area contributed by atoms with Crippen LogP contribution in [0.5, 0.6) is 0 Å². The highest BCUT2D eigenvalue weighted by Crippen LogP contribution is 2.18. The Labute approximate surface area is 250 Å². The number of guanidine groups is 1. The molecule has 0 unspecified atom stereocenters. The fraction of sp³-hybridized carbons (Fsp3) is 0.536. The molecule has 4 atom stereocenters. The molecular weight excluding hydrogens is 560 g/mol. The van der Waals surface area contributed by atoms with Crippen molar-refractivity contribution in [2.45, 2.75) is 63.7 Å². The van der Waals surface area contributed by atoms with Crippen LogP contribution < -0.4 is 27.4 Å². The number of carboxylic acids is 1. The van der Waals surface area contributed by atoms with Crippen LogP contribution in [-0.2, 0) is 35.2 Å². The van der Waals surface area contributed by atoms with Crippen LogP contribution in [0.25, 0.3) is 0 Å². The number of carbonyl (C=O) groups excluding carboxylic acids is 5. The molecule has 0 spiro atoms. The van der Waals surface area contributed by atoms with E-state index in [1.54, 1.807) is 44.2 Å². The zero-order valence-electron chi connectivity index (χ0n) is 24.9. The number of rotatable bonds is 9. The molecule has 1 saturated heterocycles. The lowest BCUT2D eigenvalue weighted by Crippen LogP contribution is -2.60. The number of benzene rings is 1. The largest absolute Gasteiger partial charge is 0.481 e. The Hall–Kier alpha value is -4.69. The Morgan fingerprint density at radius 1 is 0.977 bits per heavy atom. The molecule has 1 aliphatic heterocycles. The van der Waals surface area contributed by atoms with Crippen LogP contribution in [-0.4, -0.2) is 108 Å². The van der Waals surface area contributed by atoms with Gasteiger partial charge in [0.25, 0.3) is 0 Å². The third kappa shape index (κ3) is 10.3. The second kappa shape index (κ2) is 16.1. The van der Waals surface area contributed by atoms with Crippen LogP contribution >= 0.6 is 0 Å². The molecule has 1 aromatic carbocycles. The van der Waals surface area contributed by atoms with Crippen molar-refractivity contribution in [3.8, 4) is 0 Å². The Balaban J connectivity index is 2.56. The molecule has 43 heavy (non-hydrogen) atoms. The zero-order valence-corrected chi connectivity index (χ0v) is 24.9. The predicted molar refractivity (Wildman–Crippen MR) is 157 cm³/mol. The lowest BCUT2D eigenvalue weighted by molar-refractivity contribution is -0.151. The average molecular weight is 603 g/mol.